The molecule has 1 atom stereocenters. The number of aromatic nitrogens is 2. The summed E-state index contributed by atoms with van der Waals surface area (Å²) in [6.45, 7) is 1.04. The second kappa shape index (κ2) is 4.06. The number of rotatable bonds is 1. The molecule has 3 rings (SSSR count). The molecule has 0 bridgehead atoms. The number of aryl methyl sites for hydroxylation is 1. The van der Waals surface area contributed by atoms with Crippen LogP contribution in [0.3, 0.4) is 0 Å². The fraction of sp³-hybridized carbons (Fsp3) is 0.286. The number of nitriles is 1. The van der Waals surface area contributed by atoms with E-state index in [1.807, 2.05) is 24.5 Å². The first-order valence-electron chi connectivity index (χ1n) is 5.87. The van der Waals surface area contributed by atoms with Crippen LogP contribution >= 0.6 is 0 Å². The van der Waals surface area contributed by atoms with Crippen molar-refractivity contribution in [2.75, 3.05) is 0 Å². The first kappa shape index (κ1) is 10.1. The highest BCUT2D eigenvalue weighted by atomic mass is 15.1. The maximum atomic E-state index is 8.78. The summed E-state index contributed by atoms with van der Waals surface area (Å²) in [7, 11) is 0. The average Bonchev–Trinajstić information content (AvgIpc) is 2.86. The molecule has 0 aliphatic carbocycles. The molecule has 1 aromatic heterocycles. The van der Waals surface area contributed by atoms with Gasteiger partial charge in [-0.25, -0.2) is 4.98 Å². The predicted octanol–water partition coefficient (Wildman–Crippen LogP) is 2.48. The van der Waals surface area contributed by atoms with Crippen LogP contribution in [-0.4, -0.2) is 9.55 Å². The van der Waals surface area contributed by atoms with E-state index in [9.17, 15) is 0 Å². The summed E-state index contributed by atoms with van der Waals surface area (Å²) >= 11 is 0. The number of hydrogen-bond donors (Lipinski definition) is 0. The van der Waals surface area contributed by atoms with Crippen molar-refractivity contribution in [3.05, 3.63) is 53.6 Å². The molecule has 2 aromatic rings. The lowest BCUT2D eigenvalue weighted by Gasteiger charge is -2.23. The molecule has 0 N–H and O–H groups in total. The molecular weight excluding hydrogens is 210 g/mol. The zero-order valence-corrected chi connectivity index (χ0v) is 9.50. The fourth-order valence-electron chi connectivity index (χ4n) is 2.47. The molecule has 3 nitrogen and oxygen atoms in total. The molecule has 0 amide bonds. The first-order chi connectivity index (χ1) is 8.36. The van der Waals surface area contributed by atoms with Gasteiger partial charge >= 0.3 is 0 Å². The number of imidazole rings is 1. The van der Waals surface area contributed by atoms with Crippen molar-refractivity contribution < 1.29 is 0 Å². The molecule has 1 aliphatic rings. The number of benzene rings is 1. The Bertz CT molecular complexity index is 560. The van der Waals surface area contributed by atoms with E-state index in [0.717, 1.165) is 24.9 Å². The molecule has 1 aromatic carbocycles. The van der Waals surface area contributed by atoms with Crippen molar-refractivity contribution in [1.29, 1.82) is 5.26 Å². The summed E-state index contributed by atoms with van der Waals surface area (Å²) in [5.41, 5.74) is 2.05. The van der Waals surface area contributed by atoms with Gasteiger partial charge in [-0.2, -0.15) is 5.26 Å². The van der Waals surface area contributed by atoms with Crippen molar-refractivity contribution in [2.45, 2.75) is 25.3 Å². The summed E-state index contributed by atoms with van der Waals surface area (Å²) in [6, 6.07) is 10.1. The smallest absolute Gasteiger partial charge is 0.109 e. The lowest BCUT2D eigenvalue weighted by Crippen LogP contribution is -2.17. The highest BCUT2D eigenvalue weighted by Gasteiger charge is 2.20. The molecule has 3 heteroatoms. The summed E-state index contributed by atoms with van der Waals surface area (Å²) < 4.78 is 2.22. The highest BCUT2D eigenvalue weighted by Crippen LogP contribution is 2.28. The molecule has 0 radical (unpaired) electrons. The molecular formula is C14H13N3. The molecule has 2 heterocycles. The van der Waals surface area contributed by atoms with Gasteiger partial charge in [0.2, 0.25) is 0 Å². The van der Waals surface area contributed by atoms with Gasteiger partial charge in [0.1, 0.15) is 5.82 Å². The van der Waals surface area contributed by atoms with Gasteiger partial charge in [0.25, 0.3) is 0 Å². The van der Waals surface area contributed by atoms with E-state index in [2.05, 4.69) is 27.8 Å². The van der Waals surface area contributed by atoms with E-state index < -0.39 is 0 Å². The highest BCUT2D eigenvalue weighted by molar-refractivity contribution is 5.33. The molecule has 0 saturated carbocycles. The average molecular weight is 223 g/mol. The van der Waals surface area contributed by atoms with Crippen molar-refractivity contribution >= 4 is 0 Å². The maximum absolute atomic E-state index is 8.78. The Hall–Kier alpha value is -2.08. The van der Waals surface area contributed by atoms with Gasteiger partial charge in [-0.05, 0) is 30.0 Å². The summed E-state index contributed by atoms with van der Waals surface area (Å²) in [4.78, 5) is 4.38. The summed E-state index contributed by atoms with van der Waals surface area (Å²) in [5.74, 6) is 1.71. The molecule has 17 heavy (non-hydrogen) atoms. The van der Waals surface area contributed by atoms with Gasteiger partial charge in [-0.1, -0.05) is 12.1 Å². The standard InChI is InChI=1S/C14H13N3/c15-10-11-1-3-12(4-2-11)13-5-7-17-8-6-16-14(17)9-13/h1-4,6,8,13H,5,7,9H2. The van der Waals surface area contributed by atoms with Crippen LogP contribution in [0, 0.1) is 11.3 Å². The van der Waals surface area contributed by atoms with E-state index in [1.165, 1.54) is 11.4 Å². The SMILES string of the molecule is N#Cc1ccc(C2CCn3ccnc3C2)cc1. The minimum atomic E-state index is 0.539. The largest absolute Gasteiger partial charge is 0.335 e. The second-order valence-corrected chi connectivity index (χ2v) is 4.46. The Morgan fingerprint density at radius 2 is 2.12 bits per heavy atom. The van der Waals surface area contributed by atoms with Crippen molar-refractivity contribution in [2.24, 2.45) is 0 Å². The Labute approximate surface area is 100 Å². The third-order valence-corrected chi connectivity index (χ3v) is 3.46. The quantitative estimate of drug-likeness (QED) is 0.745. The normalized spacial score (nSPS) is 18.4. The van der Waals surface area contributed by atoms with Crippen LogP contribution in [0.2, 0.25) is 0 Å². The molecule has 84 valence electrons. The van der Waals surface area contributed by atoms with E-state index in [0.29, 0.717) is 5.92 Å². The Morgan fingerprint density at radius 1 is 1.29 bits per heavy atom. The Balaban J connectivity index is 1.84. The summed E-state index contributed by atoms with van der Waals surface area (Å²) in [6.07, 6.45) is 6.06. The third kappa shape index (κ3) is 1.83. The van der Waals surface area contributed by atoms with Gasteiger partial charge in [0.05, 0.1) is 11.6 Å². The van der Waals surface area contributed by atoms with Crippen LogP contribution in [0.1, 0.15) is 29.3 Å². The minimum Gasteiger partial charge on any atom is -0.335 e. The molecule has 1 aliphatic heterocycles. The molecule has 0 saturated heterocycles. The van der Waals surface area contributed by atoms with Crippen LogP contribution in [-0.2, 0) is 13.0 Å². The Morgan fingerprint density at radius 3 is 2.88 bits per heavy atom. The lowest BCUT2D eigenvalue weighted by atomic mass is 9.89. The zero-order valence-electron chi connectivity index (χ0n) is 9.50. The number of fused-ring (bicyclic) bond motifs is 1. The van der Waals surface area contributed by atoms with Gasteiger partial charge in [0, 0.05) is 25.4 Å². The summed E-state index contributed by atoms with van der Waals surface area (Å²) in [5, 5.41) is 8.78. The predicted molar refractivity (Wildman–Crippen MR) is 64.4 cm³/mol. The first-order valence-corrected chi connectivity index (χ1v) is 5.87. The van der Waals surface area contributed by atoms with Gasteiger partial charge in [-0.3, -0.25) is 0 Å². The van der Waals surface area contributed by atoms with E-state index >= 15 is 0 Å². The van der Waals surface area contributed by atoms with E-state index in [-0.39, 0.29) is 0 Å². The zero-order chi connectivity index (χ0) is 11.7. The number of hydrogen-bond acceptors (Lipinski definition) is 2. The molecule has 0 spiro atoms. The maximum Gasteiger partial charge on any atom is 0.109 e. The van der Waals surface area contributed by atoms with Crippen molar-refractivity contribution in [3.8, 4) is 6.07 Å². The van der Waals surface area contributed by atoms with Crippen LogP contribution in [0.4, 0.5) is 0 Å². The van der Waals surface area contributed by atoms with E-state index in [1.54, 1.807) is 0 Å². The minimum absolute atomic E-state index is 0.539. The third-order valence-electron chi connectivity index (χ3n) is 3.46. The van der Waals surface area contributed by atoms with Gasteiger partial charge < -0.3 is 4.57 Å². The Kier molecular flexibility index (Phi) is 2.41. The number of nitrogens with zero attached hydrogens (tertiary/aromatic N) is 3. The van der Waals surface area contributed by atoms with Gasteiger partial charge in [-0.15, -0.1) is 0 Å². The monoisotopic (exact) mass is 223 g/mol. The molecule has 1 unspecified atom stereocenters. The van der Waals surface area contributed by atoms with Crippen LogP contribution in [0.15, 0.2) is 36.7 Å². The topological polar surface area (TPSA) is 41.6 Å². The van der Waals surface area contributed by atoms with Crippen molar-refractivity contribution in [1.82, 2.24) is 9.55 Å². The van der Waals surface area contributed by atoms with Crippen LogP contribution in [0.25, 0.3) is 0 Å². The van der Waals surface area contributed by atoms with Crippen molar-refractivity contribution in [3.63, 3.8) is 0 Å². The van der Waals surface area contributed by atoms with Crippen LogP contribution in [0.5, 0.6) is 0 Å². The van der Waals surface area contributed by atoms with Gasteiger partial charge in [0.15, 0.2) is 0 Å². The lowest BCUT2D eigenvalue weighted by molar-refractivity contribution is 0.466. The fourth-order valence-corrected chi connectivity index (χ4v) is 2.47. The van der Waals surface area contributed by atoms with Crippen LogP contribution < -0.4 is 0 Å². The van der Waals surface area contributed by atoms with E-state index in [4.69, 9.17) is 5.26 Å². The molecule has 0 fully saturated rings. The second-order valence-electron chi connectivity index (χ2n) is 4.46.